The van der Waals surface area contributed by atoms with E-state index in [4.69, 9.17) is 0 Å². The van der Waals surface area contributed by atoms with Gasteiger partial charge in [-0.05, 0) is 18.2 Å². The van der Waals surface area contributed by atoms with Gasteiger partial charge in [0.2, 0.25) is 0 Å². The Morgan fingerprint density at radius 1 is 1.03 bits per heavy atom. The van der Waals surface area contributed by atoms with Gasteiger partial charge in [0.25, 0.3) is 0 Å². The van der Waals surface area contributed by atoms with Gasteiger partial charge in [0.05, 0.1) is 16.6 Å². The molecule has 0 unspecified atom stereocenters. The molecule has 0 atom stereocenters. The summed E-state index contributed by atoms with van der Waals surface area (Å²) in [5, 5.41) is 11.0. The van der Waals surface area contributed by atoms with Gasteiger partial charge in [0, 0.05) is 28.8 Å². The van der Waals surface area contributed by atoms with Crippen LogP contribution in [0.15, 0.2) is 42.6 Å². The number of nitrogens with zero attached hydrogens (tertiary/aromatic N) is 4. The topological polar surface area (TPSA) is 79.4 Å². The Morgan fingerprint density at radius 3 is 2.76 bits per heavy atom. The molecule has 0 spiro atoms. The molecule has 4 heterocycles. The highest BCUT2D eigenvalue weighted by atomic mass is 32.2. The molecule has 2 N–H and O–H groups in total. The van der Waals surface area contributed by atoms with E-state index in [1.165, 1.54) is 12.1 Å². The number of pyridine rings is 1. The van der Waals surface area contributed by atoms with Gasteiger partial charge in [-0.2, -0.15) is 30.0 Å². The van der Waals surface area contributed by atoms with E-state index in [-0.39, 0.29) is 11.4 Å². The Morgan fingerprint density at radius 2 is 1.90 bits per heavy atom. The third-order valence-corrected chi connectivity index (χ3v) is 5.59. The summed E-state index contributed by atoms with van der Waals surface area (Å²) in [5.74, 6) is 2.41. The fourth-order valence-electron chi connectivity index (χ4n) is 3.26. The lowest BCUT2D eigenvalue weighted by Crippen LogP contribution is -2.10. The van der Waals surface area contributed by atoms with Crippen LogP contribution >= 0.6 is 11.8 Å². The normalized spacial score (nSPS) is 13.6. The van der Waals surface area contributed by atoms with Crippen molar-refractivity contribution < 1.29 is 13.2 Å². The van der Waals surface area contributed by atoms with Gasteiger partial charge in [-0.15, -0.1) is 0 Å². The fourth-order valence-corrected chi connectivity index (χ4v) is 4.31. The highest BCUT2D eigenvalue weighted by Crippen LogP contribution is 2.39. The van der Waals surface area contributed by atoms with Crippen LogP contribution in [-0.2, 0) is 17.7 Å². The molecule has 5 rings (SSSR count). The number of anilines is 2. The first-order valence-corrected chi connectivity index (χ1v) is 9.86. The predicted molar refractivity (Wildman–Crippen MR) is 105 cm³/mol. The number of thioether (sulfide) groups is 1. The molecule has 146 valence electrons. The summed E-state index contributed by atoms with van der Waals surface area (Å²) in [6.07, 6.45) is -2.86. The third-order valence-electron chi connectivity index (χ3n) is 4.62. The molecular weight excluding hydrogens is 401 g/mol. The number of alkyl halides is 3. The second kappa shape index (κ2) is 6.73. The quantitative estimate of drug-likeness (QED) is 0.495. The SMILES string of the molecule is FC(F)(F)c1ccccc1-c1nc2c(c(Nc3[nH]nc4ncccc34)n1)CSC2. The number of aromatic amines is 1. The summed E-state index contributed by atoms with van der Waals surface area (Å²) in [4.78, 5) is 13.1. The van der Waals surface area contributed by atoms with Crippen molar-refractivity contribution in [2.75, 3.05) is 5.32 Å². The lowest BCUT2D eigenvalue weighted by molar-refractivity contribution is -0.137. The molecule has 0 saturated heterocycles. The van der Waals surface area contributed by atoms with Gasteiger partial charge in [-0.25, -0.2) is 15.0 Å². The zero-order valence-corrected chi connectivity index (χ0v) is 15.6. The van der Waals surface area contributed by atoms with Crippen molar-refractivity contribution in [2.24, 2.45) is 0 Å². The van der Waals surface area contributed by atoms with Crippen molar-refractivity contribution in [3.63, 3.8) is 0 Å². The zero-order valence-electron chi connectivity index (χ0n) is 14.8. The van der Waals surface area contributed by atoms with E-state index < -0.39 is 11.7 Å². The zero-order chi connectivity index (χ0) is 20.0. The summed E-state index contributed by atoms with van der Waals surface area (Å²) >= 11 is 1.64. The number of hydrogen-bond acceptors (Lipinski definition) is 6. The molecule has 10 heteroatoms. The molecule has 29 heavy (non-hydrogen) atoms. The van der Waals surface area contributed by atoms with Crippen LogP contribution in [0.3, 0.4) is 0 Å². The van der Waals surface area contributed by atoms with Crippen LogP contribution in [0.5, 0.6) is 0 Å². The Bertz CT molecular complexity index is 1220. The number of halogens is 3. The Hall–Kier alpha value is -3.14. The summed E-state index contributed by atoms with van der Waals surface area (Å²) in [5.41, 5.74) is 1.36. The van der Waals surface area contributed by atoms with Crippen LogP contribution in [0.25, 0.3) is 22.4 Å². The predicted octanol–water partition coefficient (Wildman–Crippen LogP) is 4.92. The van der Waals surface area contributed by atoms with Crippen molar-refractivity contribution in [1.29, 1.82) is 0 Å². The molecule has 1 aliphatic rings. The van der Waals surface area contributed by atoms with Crippen LogP contribution in [0.2, 0.25) is 0 Å². The maximum absolute atomic E-state index is 13.5. The van der Waals surface area contributed by atoms with Gasteiger partial charge in [0.1, 0.15) is 11.6 Å². The Labute approximate surface area is 167 Å². The Balaban J connectivity index is 1.64. The first-order chi connectivity index (χ1) is 14.0. The van der Waals surface area contributed by atoms with Crippen LogP contribution in [0.4, 0.5) is 24.8 Å². The maximum atomic E-state index is 13.5. The van der Waals surface area contributed by atoms with Crippen LogP contribution in [0.1, 0.15) is 16.8 Å². The van der Waals surface area contributed by atoms with Gasteiger partial charge in [0.15, 0.2) is 11.5 Å². The average Bonchev–Trinajstić information content (AvgIpc) is 3.35. The largest absolute Gasteiger partial charge is 0.417 e. The van der Waals surface area contributed by atoms with Crippen LogP contribution in [-0.4, -0.2) is 25.1 Å². The monoisotopic (exact) mass is 414 g/mol. The van der Waals surface area contributed by atoms with E-state index in [9.17, 15) is 13.2 Å². The van der Waals surface area contributed by atoms with Crippen molar-refractivity contribution in [2.45, 2.75) is 17.7 Å². The number of benzene rings is 1. The molecule has 0 bridgehead atoms. The number of fused-ring (bicyclic) bond motifs is 2. The number of rotatable bonds is 3. The Kier molecular flexibility index (Phi) is 4.16. The molecule has 1 aromatic carbocycles. The smallest absolute Gasteiger partial charge is 0.324 e. The molecule has 6 nitrogen and oxygen atoms in total. The second-order valence-electron chi connectivity index (χ2n) is 6.46. The van der Waals surface area contributed by atoms with Gasteiger partial charge < -0.3 is 5.32 Å². The van der Waals surface area contributed by atoms with E-state index in [1.807, 2.05) is 6.07 Å². The summed E-state index contributed by atoms with van der Waals surface area (Å²) in [6, 6.07) is 8.99. The summed E-state index contributed by atoms with van der Waals surface area (Å²) in [7, 11) is 0. The minimum Gasteiger partial charge on any atom is -0.324 e. The van der Waals surface area contributed by atoms with Crippen molar-refractivity contribution in [3.8, 4) is 11.4 Å². The van der Waals surface area contributed by atoms with Crippen LogP contribution in [0, 0.1) is 0 Å². The van der Waals surface area contributed by atoms with Gasteiger partial charge in [-0.3, -0.25) is 5.10 Å². The van der Waals surface area contributed by atoms with Gasteiger partial charge >= 0.3 is 6.18 Å². The minimum absolute atomic E-state index is 0.0427. The number of nitrogens with one attached hydrogen (secondary N) is 2. The van der Waals surface area contributed by atoms with Crippen molar-refractivity contribution >= 4 is 34.4 Å². The summed E-state index contributed by atoms with van der Waals surface area (Å²) in [6.45, 7) is 0. The molecule has 4 aromatic rings. The standard InChI is InChI=1S/C19H13F3N6S/c20-19(21,22)13-6-2-1-4-10(13)16-24-14-9-29-8-12(14)17(25-16)26-18-11-5-3-7-23-15(11)27-28-18/h1-7H,8-9H2,(H2,23,24,25,26,27,28). The second-order valence-corrected chi connectivity index (χ2v) is 7.44. The highest BCUT2D eigenvalue weighted by Gasteiger charge is 2.34. The lowest BCUT2D eigenvalue weighted by Gasteiger charge is -2.14. The molecule has 1 aliphatic heterocycles. The van der Waals surface area contributed by atoms with Crippen LogP contribution < -0.4 is 5.32 Å². The van der Waals surface area contributed by atoms with E-state index >= 15 is 0 Å². The highest BCUT2D eigenvalue weighted by molar-refractivity contribution is 7.98. The van der Waals surface area contributed by atoms with Crippen molar-refractivity contribution in [3.05, 3.63) is 59.4 Å². The average molecular weight is 414 g/mol. The minimum atomic E-state index is -4.49. The van der Waals surface area contributed by atoms with Crippen molar-refractivity contribution in [1.82, 2.24) is 25.1 Å². The molecule has 0 aliphatic carbocycles. The molecule has 0 saturated carbocycles. The first kappa shape index (κ1) is 17.9. The van der Waals surface area contributed by atoms with Gasteiger partial charge in [-0.1, -0.05) is 18.2 Å². The van der Waals surface area contributed by atoms with E-state index in [1.54, 1.807) is 30.1 Å². The molecule has 3 aromatic heterocycles. The molecule has 0 amide bonds. The maximum Gasteiger partial charge on any atom is 0.417 e. The number of aromatic nitrogens is 5. The molecule has 0 fully saturated rings. The lowest BCUT2D eigenvalue weighted by atomic mass is 10.1. The number of hydrogen-bond donors (Lipinski definition) is 2. The van der Waals surface area contributed by atoms with E-state index in [0.29, 0.717) is 28.8 Å². The van der Waals surface area contributed by atoms with E-state index in [2.05, 4.69) is 30.5 Å². The summed E-state index contributed by atoms with van der Waals surface area (Å²) < 4.78 is 40.5. The molecule has 0 radical (unpaired) electrons. The molecular formula is C19H13F3N6S. The van der Waals surface area contributed by atoms with E-state index in [0.717, 1.165) is 22.7 Å². The first-order valence-electron chi connectivity index (χ1n) is 8.71. The number of H-pyrrole nitrogens is 1. The fraction of sp³-hybridized carbons (Fsp3) is 0.158. The third kappa shape index (κ3) is 3.19.